The number of carbonyl (C=O) groups excluding carboxylic acids is 3. The number of anilines is 2. The van der Waals surface area contributed by atoms with Crippen molar-refractivity contribution in [3.63, 3.8) is 0 Å². The minimum Gasteiger partial charge on any atom is -0.488 e. The van der Waals surface area contributed by atoms with E-state index in [1.54, 1.807) is 30.3 Å². The molecule has 5 aromatic rings. The highest BCUT2D eigenvalue weighted by atomic mass is 35.5. The molecule has 0 saturated carbocycles. The second-order valence-electron chi connectivity index (χ2n) is 13.0. The molecule has 4 amide bonds. The van der Waals surface area contributed by atoms with Gasteiger partial charge in [-0.2, -0.15) is 0 Å². The van der Waals surface area contributed by atoms with Crippen LogP contribution in [0.4, 0.5) is 20.6 Å². The third kappa shape index (κ3) is 6.28. The number of nitrogens with zero attached hydrogens (tertiary/aromatic N) is 2. The minimum atomic E-state index is -0.819. The van der Waals surface area contributed by atoms with Crippen LogP contribution in [0.1, 0.15) is 58.1 Å². The molecule has 3 aliphatic heterocycles. The number of hydrogen-bond donors (Lipinski definition) is 1. The third-order valence-corrected chi connectivity index (χ3v) is 10.2. The van der Waals surface area contributed by atoms with Crippen LogP contribution in [0.5, 0.6) is 5.75 Å². The second-order valence-corrected chi connectivity index (χ2v) is 13.5. The largest absolute Gasteiger partial charge is 0.488 e. The summed E-state index contributed by atoms with van der Waals surface area (Å²) in [6, 6.07) is 34.4. The van der Waals surface area contributed by atoms with Gasteiger partial charge in [-0.25, -0.2) is 14.1 Å². The Morgan fingerprint density at radius 1 is 0.784 bits per heavy atom. The van der Waals surface area contributed by atoms with Crippen LogP contribution in [0.2, 0.25) is 5.02 Å². The smallest absolute Gasteiger partial charge is 0.335 e. The zero-order valence-corrected chi connectivity index (χ0v) is 28.3. The number of halogens is 2. The Hall–Kier alpha value is -5.73. The molecule has 0 bridgehead atoms. The first-order chi connectivity index (χ1) is 24.8. The van der Waals surface area contributed by atoms with Crippen molar-refractivity contribution < 1.29 is 23.5 Å². The summed E-state index contributed by atoms with van der Waals surface area (Å²) in [5, 5.41) is 2.76. The average Bonchev–Trinajstić information content (AvgIpc) is 3.14. The van der Waals surface area contributed by atoms with Crippen molar-refractivity contribution in [3.8, 4) is 5.75 Å². The van der Waals surface area contributed by atoms with Crippen LogP contribution in [0, 0.1) is 5.82 Å². The number of barbiturate groups is 1. The fraction of sp³-hybridized carbons (Fsp3) is 0.167. The quantitative estimate of drug-likeness (QED) is 0.136. The highest BCUT2D eigenvalue weighted by Crippen LogP contribution is 2.50. The van der Waals surface area contributed by atoms with Crippen molar-refractivity contribution in [1.29, 1.82) is 0 Å². The summed E-state index contributed by atoms with van der Waals surface area (Å²) in [6.45, 7) is 1.91. The van der Waals surface area contributed by atoms with Gasteiger partial charge in [0.15, 0.2) is 0 Å². The van der Waals surface area contributed by atoms with E-state index in [2.05, 4.69) is 34.5 Å². The van der Waals surface area contributed by atoms with Crippen LogP contribution in [-0.2, 0) is 16.2 Å². The van der Waals surface area contributed by atoms with Gasteiger partial charge < -0.3 is 9.64 Å². The lowest BCUT2D eigenvalue weighted by Crippen LogP contribution is -2.54. The molecule has 8 rings (SSSR count). The summed E-state index contributed by atoms with van der Waals surface area (Å²) in [4.78, 5) is 44.8. The Labute approximate surface area is 299 Å². The maximum Gasteiger partial charge on any atom is 0.335 e. The van der Waals surface area contributed by atoms with E-state index in [0.717, 1.165) is 64.3 Å². The van der Waals surface area contributed by atoms with Crippen molar-refractivity contribution in [2.75, 3.05) is 22.9 Å². The number of benzene rings is 5. The molecule has 51 heavy (non-hydrogen) atoms. The van der Waals surface area contributed by atoms with E-state index >= 15 is 0 Å². The lowest BCUT2D eigenvalue weighted by Gasteiger charge is -2.44. The number of carbonyl (C=O) groups is 3. The molecule has 5 aromatic carbocycles. The third-order valence-electron chi connectivity index (χ3n) is 9.94. The van der Waals surface area contributed by atoms with E-state index < -0.39 is 17.8 Å². The SMILES string of the molecule is O=C1NC(=O)N(c2cc3c4c(c2)[C@@H](c2ccccc2)CCN4CC[C@@H]3c2ccccc2)C(=O)/C1=C/c1cc(Cl)ccc1OCc1ccc(F)cc1. The van der Waals surface area contributed by atoms with E-state index in [1.165, 1.54) is 18.2 Å². The van der Waals surface area contributed by atoms with E-state index in [9.17, 15) is 18.8 Å². The zero-order chi connectivity index (χ0) is 35.1. The number of rotatable bonds is 7. The summed E-state index contributed by atoms with van der Waals surface area (Å²) in [6.07, 6.45) is 3.16. The summed E-state index contributed by atoms with van der Waals surface area (Å²) >= 11 is 6.36. The molecule has 1 saturated heterocycles. The van der Waals surface area contributed by atoms with Gasteiger partial charge in [-0.15, -0.1) is 0 Å². The van der Waals surface area contributed by atoms with Crippen LogP contribution in [-0.4, -0.2) is 30.9 Å². The maximum absolute atomic E-state index is 14.4. The molecule has 254 valence electrons. The second kappa shape index (κ2) is 13.5. The first-order valence-electron chi connectivity index (χ1n) is 16.9. The van der Waals surface area contributed by atoms with Gasteiger partial charge in [0.25, 0.3) is 11.8 Å². The monoisotopic (exact) mass is 697 g/mol. The highest BCUT2D eigenvalue weighted by Gasteiger charge is 2.40. The van der Waals surface area contributed by atoms with Crippen molar-refractivity contribution in [2.24, 2.45) is 0 Å². The van der Waals surface area contributed by atoms with Gasteiger partial charge in [0.05, 0.1) is 5.69 Å². The van der Waals surface area contributed by atoms with Crippen LogP contribution >= 0.6 is 11.6 Å². The predicted octanol–water partition coefficient (Wildman–Crippen LogP) is 8.60. The Bertz CT molecular complexity index is 2120. The van der Waals surface area contributed by atoms with Gasteiger partial charge >= 0.3 is 6.03 Å². The molecular weight excluding hydrogens is 665 g/mol. The highest BCUT2D eigenvalue weighted by molar-refractivity contribution is 6.39. The molecule has 2 atom stereocenters. The van der Waals surface area contributed by atoms with Crippen molar-refractivity contribution >= 4 is 46.9 Å². The standard InChI is InChI=1S/C42H33ClFN3O4/c43-30-13-16-38(51-25-26-11-14-31(44)15-12-26)29(21-30)22-37-40(48)45-42(50)47(41(37)49)32-23-35-33(27-7-3-1-4-8-27)17-19-46-20-18-34(36(24-32)39(35)46)28-9-5-2-6-10-28/h1-16,21-24,33-34H,17-20,25H2,(H,45,48,50)/b37-22+/t33-,34-/m1/s1. The molecule has 1 fully saturated rings. The molecule has 3 heterocycles. The van der Waals surface area contributed by atoms with Gasteiger partial charge in [-0.1, -0.05) is 84.4 Å². The van der Waals surface area contributed by atoms with Crippen LogP contribution in [0.15, 0.2) is 121 Å². The van der Waals surface area contributed by atoms with Crippen molar-refractivity contribution in [2.45, 2.75) is 31.3 Å². The zero-order valence-electron chi connectivity index (χ0n) is 27.5. The van der Waals surface area contributed by atoms with Gasteiger partial charge in [0.2, 0.25) is 0 Å². The number of hydrogen-bond acceptors (Lipinski definition) is 5. The van der Waals surface area contributed by atoms with Crippen molar-refractivity contribution in [1.82, 2.24) is 5.32 Å². The van der Waals surface area contributed by atoms with E-state index in [0.29, 0.717) is 22.0 Å². The fourth-order valence-electron chi connectivity index (χ4n) is 7.52. The number of amides is 4. The molecule has 0 aromatic heterocycles. The molecule has 0 aliphatic carbocycles. The van der Waals surface area contributed by atoms with E-state index in [-0.39, 0.29) is 29.8 Å². The van der Waals surface area contributed by atoms with Crippen LogP contribution in [0.3, 0.4) is 0 Å². The van der Waals surface area contributed by atoms with Gasteiger partial charge in [-0.3, -0.25) is 14.9 Å². The maximum atomic E-state index is 14.4. The van der Waals surface area contributed by atoms with E-state index in [4.69, 9.17) is 16.3 Å². The number of imide groups is 2. The fourth-order valence-corrected chi connectivity index (χ4v) is 7.70. The first kappa shape index (κ1) is 32.5. The lowest BCUT2D eigenvalue weighted by molar-refractivity contribution is -0.122. The topological polar surface area (TPSA) is 79.0 Å². The van der Waals surface area contributed by atoms with Crippen molar-refractivity contribution in [3.05, 3.63) is 165 Å². The van der Waals surface area contributed by atoms with Gasteiger partial charge in [0, 0.05) is 41.2 Å². The lowest BCUT2D eigenvalue weighted by atomic mass is 9.76. The Morgan fingerprint density at radius 3 is 2.00 bits per heavy atom. The molecule has 1 N–H and O–H groups in total. The summed E-state index contributed by atoms with van der Waals surface area (Å²) in [7, 11) is 0. The summed E-state index contributed by atoms with van der Waals surface area (Å²) in [5.41, 5.74) is 6.84. The molecule has 9 heteroatoms. The number of ether oxygens (including phenoxy) is 1. The van der Waals surface area contributed by atoms with Gasteiger partial charge in [0.1, 0.15) is 23.7 Å². The van der Waals surface area contributed by atoms with Crippen LogP contribution < -0.4 is 19.9 Å². The molecule has 3 aliphatic rings. The normalized spacial score (nSPS) is 19.2. The number of nitrogens with one attached hydrogen (secondary N) is 1. The molecule has 7 nitrogen and oxygen atoms in total. The van der Waals surface area contributed by atoms with Gasteiger partial charge in [-0.05, 0) is 89.2 Å². The molecule has 0 spiro atoms. The molecule has 0 radical (unpaired) electrons. The molecule has 0 unspecified atom stereocenters. The predicted molar refractivity (Wildman–Crippen MR) is 196 cm³/mol. The first-order valence-corrected chi connectivity index (χ1v) is 17.3. The van der Waals surface area contributed by atoms with E-state index in [1.807, 2.05) is 48.5 Å². The summed E-state index contributed by atoms with van der Waals surface area (Å²) < 4.78 is 19.5. The Morgan fingerprint density at radius 2 is 1.39 bits per heavy atom. The number of urea groups is 1. The Balaban J connectivity index is 1.21. The minimum absolute atomic E-state index is 0.0533. The Kier molecular flexibility index (Phi) is 8.61. The average molecular weight is 698 g/mol. The summed E-state index contributed by atoms with van der Waals surface area (Å²) in [5.74, 6) is -1.47. The van der Waals surface area contributed by atoms with Crippen LogP contribution in [0.25, 0.3) is 6.08 Å². The molecular formula is C42H33ClFN3O4.